The van der Waals surface area contributed by atoms with Gasteiger partial charge in [0, 0.05) is 6.42 Å². The van der Waals surface area contributed by atoms with E-state index in [2.05, 4.69) is 18.2 Å². The van der Waals surface area contributed by atoms with Crippen LogP contribution in [-0.4, -0.2) is 6.61 Å². The van der Waals surface area contributed by atoms with Crippen LogP contribution in [0.15, 0.2) is 42.5 Å². The Morgan fingerprint density at radius 3 is 2.41 bits per heavy atom. The maximum Gasteiger partial charge on any atom is 0.119 e. The van der Waals surface area contributed by atoms with Crippen molar-refractivity contribution < 1.29 is 4.74 Å². The summed E-state index contributed by atoms with van der Waals surface area (Å²) in [6, 6.07) is 17.7. The van der Waals surface area contributed by atoms with Gasteiger partial charge in [0.2, 0.25) is 0 Å². The van der Waals surface area contributed by atoms with Gasteiger partial charge >= 0.3 is 0 Å². The normalized spacial score (nSPS) is 11.3. The smallest absolute Gasteiger partial charge is 0.119 e. The minimum Gasteiger partial charge on any atom is -0.494 e. The molecule has 0 spiro atoms. The highest BCUT2D eigenvalue weighted by molar-refractivity contribution is 5.36. The lowest BCUT2D eigenvalue weighted by Gasteiger charge is -2.12. The zero-order chi connectivity index (χ0) is 15.9. The lowest BCUT2D eigenvalue weighted by molar-refractivity contribution is 0.305. The Balaban J connectivity index is 1.99. The van der Waals surface area contributed by atoms with Crippen molar-refractivity contribution in [3.05, 3.63) is 64.7 Å². The van der Waals surface area contributed by atoms with Crippen molar-refractivity contribution in [1.82, 2.24) is 0 Å². The van der Waals surface area contributed by atoms with Crippen molar-refractivity contribution in [2.75, 3.05) is 6.61 Å². The number of rotatable bonds is 5. The van der Waals surface area contributed by atoms with E-state index in [1.54, 1.807) is 12.1 Å². The molecule has 0 bridgehead atoms. The number of nitrogens with zero attached hydrogens (tertiary/aromatic N) is 2. The summed E-state index contributed by atoms with van der Waals surface area (Å²) in [6.45, 7) is 4.54. The minimum atomic E-state index is -0.265. The van der Waals surface area contributed by atoms with Crippen molar-refractivity contribution in [3.8, 4) is 17.9 Å². The molecule has 22 heavy (non-hydrogen) atoms. The molecule has 0 aromatic heterocycles. The number of hydrogen-bond acceptors (Lipinski definition) is 3. The second-order valence-corrected chi connectivity index (χ2v) is 5.38. The summed E-state index contributed by atoms with van der Waals surface area (Å²) < 4.78 is 5.76. The lowest BCUT2D eigenvalue weighted by atomic mass is 9.96. The summed E-state index contributed by atoms with van der Waals surface area (Å²) >= 11 is 0. The molecule has 2 rings (SSSR count). The van der Waals surface area contributed by atoms with E-state index in [-0.39, 0.29) is 5.92 Å². The Bertz CT molecular complexity index is 718. The molecule has 0 fully saturated rings. The van der Waals surface area contributed by atoms with Gasteiger partial charge in [0.1, 0.15) is 5.75 Å². The molecular formula is C19H18N2O. The molecule has 0 N–H and O–H groups in total. The van der Waals surface area contributed by atoms with Gasteiger partial charge in [-0.1, -0.05) is 18.2 Å². The van der Waals surface area contributed by atoms with Crippen LogP contribution in [0, 0.1) is 36.5 Å². The van der Waals surface area contributed by atoms with E-state index >= 15 is 0 Å². The second kappa shape index (κ2) is 7.29. The van der Waals surface area contributed by atoms with Crippen LogP contribution in [0.5, 0.6) is 5.75 Å². The van der Waals surface area contributed by atoms with Crippen LogP contribution in [0.3, 0.4) is 0 Å². The molecule has 0 heterocycles. The van der Waals surface area contributed by atoms with Crippen LogP contribution in [0.2, 0.25) is 0 Å². The molecule has 3 heteroatoms. The van der Waals surface area contributed by atoms with Gasteiger partial charge < -0.3 is 4.74 Å². The number of aryl methyl sites for hydroxylation is 2. The largest absolute Gasteiger partial charge is 0.494 e. The number of hydrogen-bond donors (Lipinski definition) is 0. The predicted molar refractivity (Wildman–Crippen MR) is 85.5 cm³/mol. The molecule has 0 aliphatic carbocycles. The monoisotopic (exact) mass is 290 g/mol. The number of nitriles is 2. The van der Waals surface area contributed by atoms with Crippen molar-refractivity contribution in [1.29, 1.82) is 10.5 Å². The van der Waals surface area contributed by atoms with Gasteiger partial charge in [-0.2, -0.15) is 10.5 Å². The molecule has 0 saturated carbocycles. The zero-order valence-corrected chi connectivity index (χ0v) is 12.8. The molecule has 110 valence electrons. The van der Waals surface area contributed by atoms with Gasteiger partial charge in [0.05, 0.1) is 30.2 Å². The lowest BCUT2D eigenvalue weighted by Crippen LogP contribution is -2.05. The first-order valence-corrected chi connectivity index (χ1v) is 7.23. The van der Waals surface area contributed by atoms with E-state index in [1.807, 2.05) is 38.1 Å². The third-order valence-electron chi connectivity index (χ3n) is 3.44. The van der Waals surface area contributed by atoms with E-state index in [0.717, 1.165) is 22.4 Å². The average Bonchev–Trinajstić information content (AvgIpc) is 2.50. The Hall–Kier alpha value is -2.78. The zero-order valence-electron chi connectivity index (χ0n) is 12.8. The Morgan fingerprint density at radius 2 is 1.77 bits per heavy atom. The maximum atomic E-state index is 9.34. The van der Waals surface area contributed by atoms with E-state index in [9.17, 15) is 5.26 Å². The average molecular weight is 290 g/mol. The Labute approximate surface area is 131 Å². The molecule has 0 amide bonds. The van der Waals surface area contributed by atoms with Gasteiger partial charge in [0.15, 0.2) is 0 Å². The van der Waals surface area contributed by atoms with Gasteiger partial charge in [-0.25, -0.2) is 0 Å². The maximum absolute atomic E-state index is 9.34. The molecule has 1 atom stereocenters. The first-order valence-electron chi connectivity index (χ1n) is 7.23. The van der Waals surface area contributed by atoms with Crippen molar-refractivity contribution in [2.24, 2.45) is 0 Å². The summed E-state index contributed by atoms with van der Waals surface area (Å²) in [5, 5.41) is 18.3. The molecule has 0 aliphatic heterocycles. The quantitative estimate of drug-likeness (QED) is 0.827. The van der Waals surface area contributed by atoms with Crippen LogP contribution >= 0.6 is 0 Å². The van der Waals surface area contributed by atoms with E-state index in [0.29, 0.717) is 18.6 Å². The van der Waals surface area contributed by atoms with Crippen LogP contribution in [0.1, 0.15) is 34.6 Å². The summed E-state index contributed by atoms with van der Waals surface area (Å²) in [7, 11) is 0. The van der Waals surface area contributed by atoms with Crippen molar-refractivity contribution in [2.45, 2.75) is 26.2 Å². The van der Waals surface area contributed by atoms with Gasteiger partial charge in [-0.05, 0) is 54.8 Å². The van der Waals surface area contributed by atoms with E-state index in [4.69, 9.17) is 10.00 Å². The molecule has 1 unspecified atom stereocenters. The molecule has 2 aromatic rings. The third-order valence-corrected chi connectivity index (χ3v) is 3.44. The van der Waals surface area contributed by atoms with Gasteiger partial charge in [-0.3, -0.25) is 0 Å². The topological polar surface area (TPSA) is 56.8 Å². The van der Waals surface area contributed by atoms with Gasteiger partial charge in [0.25, 0.3) is 0 Å². The third kappa shape index (κ3) is 4.11. The van der Waals surface area contributed by atoms with Crippen molar-refractivity contribution >= 4 is 0 Å². The highest BCUT2D eigenvalue weighted by atomic mass is 16.5. The fourth-order valence-electron chi connectivity index (χ4n) is 2.44. The summed E-state index contributed by atoms with van der Waals surface area (Å²) in [5.74, 6) is 0.569. The molecule has 2 aromatic carbocycles. The number of benzene rings is 2. The standard InChI is InChI=1S/C19H18N2O/c1-14-8-15(2)10-19(9-14)22-7-6-18(13-21)17-5-3-4-16(11-17)12-20/h3-5,8-11,18H,6-7H2,1-2H3. The summed E-state index contributed by atoms with van der Waals surface area (Å²) in [5.41, 5.74) is 3.76. The van der Waals surface area contributed by atoms with Crippen LogP contribution in [0.4, 0.5) is 0 Å². The summed E-state index contributed by atoms with van der Waals surface area (Å²) in [6.07, 6.45) is 0.596. The molecule has 0 aliphatic rings. The summed E-state index contributed by atoms with van der Waals surface area (Å²) in [4.78, 5) is 0. The minimum absolute atomic E-state index is 0.265. The van der Waals surface area contributed by atoms with Crippen LogP contribution in [-0.2, 0) is 0 Å². The predicted octanol–water partition coefficient (Wildman–Crippen LogP) is 4.25. The molecule has 0 saturated heterocycles. The fraction of sp³-hybridized carbons (Fsp3) is 0.263. The molecule has 3 nitrogen and oxygen atoms in total. The second-order valence-electron chi connectivity index (χ2n) is 5.38. The van der Waals surface area contributed by atoms with E-state index < -0.39 is 0 Å². The first kappa shape index (κ1) is 15.6. The van der Waals surface area contributed by atoms with Crippen LogP contribution < -0.4 is 4.74 Å². The highest BCUT2D eigenvalue weighted by Gasteiger charge is 2.11. The fourth-order valence-corrected chi connectivity index (χ4v) is 2.44. The highest BCUT2D eigenvalue weighted by Crippen LogP contribution is 2.22. The van der Waals surface area contributed by atoms with E-state index in [1.165, 1.54) is 0 Å². The SMILES string of the molecule is Cc1cc(C)cc(OCCC(C#N)c2cccc(C#N)c2)c1. The Morgan fingerprint density at radius 1 is 1.05 bits per heavy atom. The van der Waals surface area contributed by atoms with Gasteiger partial charge in [-0.15, -0.1) is 0 Å². The molecule has 0 radical (unpaired) electrons. The molecular weight excluding hydrogens is 272 g/mol. The number of ether oxygens (including phenoxy) is 1. The van der Waals surface area contributed by atoms with Crippen LogP contribution in [0.25, 0.3) is 0 Å². The Kier molecular flexibility index (Phi) is 5.17. The van der Waals surface area contributed by atoms with Crippen molar-refractivity contribution in [3.63, 3.8) is 0 Å². The first-order chi connectivity index (χ1) is 10.6.